The van der Waals surface area contributed by atoms with Crippen LogP contribution in [0.1, 0.15) is 25.8 Å². The average molecular weight is 250 g/mol. The summed E-state index contributed by atoms with van der Waals surface area (Å²) in [5.41, 5.74) is 0.841. The predicted octanol–water partition coefficient (Wildman–Crippen LogP) is 1.92. The summed E-state index contributed by atoms with van der Waals surface area (Å²) in [5.74, 6) is -0.117. The number of hydrogen-bond acceptors (Lipinski definition) is 2. The van der Waals surface area contributed by atoms with Gasteiger partial charge in [-0.05, 0) is 17.7 Å². The zero-order chi connectivity index (χ0) is 13.1. The Morgan fingerprint density at radius 3 is 2.94 bits per heavy atom. The lowest BCUT2D eigenvalue weighted by Gasteiger charge is -2.18. The van der Waals surface area contributed by atoms with Crippen molar-refractivity contribution in [3.05, 3.63) is 35.6 Å². The van der Waals surface area contributed by atoms with Crippen LogP contribution in [0.3, 0.4) is 0 Å². The standard InChI is InChI=1S/C14H19FN2O/c1-10(2)16-13-7-14(18)17(9-13)8-11-4-3-5-12(15)6-11/h3-6,10,13,16H,7-9H2,1-2H3. The van der Waals surface area contributed by atoms with Gasteiger partial charge in [-0.2, -0.15) is 0 Å². The summed E-state index contributed by atoms with van der Waals surface area (Å²) >= 11 is 0. The maximum atomic E-state index is 13.1. The van der Waals surface area contributed by atoms with Crippen LogP contribution in [0.2, 0.25) is 0 Å². The number of halogens is 1. The van der Waals surface area contributed by atoms with Gasteiger partial charge in [0.15, 0.2) is 0 Å². The van der Waals surface area contributed by atoms with Crippen molar-refractivity contribution in [3.63, 3.8) is 0 Å². The van der Waals surface area contributed by atoms with Gasteiger partial charge in [-0.25, -0.2) is 4.39 Å². The summed E-state index contributed by atoms with van der Waals surface area (Å²) < 4.78 is 13.1. The fraction of sp³-hybridized carbons (Fsp3) is 0.500. The van der Waals surface area contributed by atoms with Crippen LogP contribution < -0.4 is 5.32 Å². The Morgan fingerprint density at radius 2 is 2.28 bits per heavy atom. The molecule has 0 saturated carbocycles. The lowest BCUT2D eigenvalue weighted by Crippen LogP contribution is -2.36. The quantitative estimate of drug-likeness (QED) is 0.885. The molecule has 1 unspecified atom stereocenters. The van der Waals surface area contributed by atoms with E-state index < -0.39 is 0 Å². The SMILES string of the molecule is CC(C)NC1CC(=O)N(Cc2cccc(F)c2)C1. The average Bonchev–Trinajstić information content (AvgIpc) is 2.58. The minimum Gasteiger partial charge on any atom is -0.337 e. The molecule has 3 nitrogen and oxygen atoms in total. The molecule has 2 rings (SSSR count). The Bertz CT molecular complexity index is 434. The number of nitrogens with one attached hydrogen (secondary N) is 1. The second-order valence-electron chi connectivity index (χ2n) is 5.13. The van der Waals surface area contributed by atoms with Crippen molar-refractivity contribution in [3.8, 4) is 0 Å². The highest BCUT2D eigenvalue weighted by atomic mass is 19.1. The predicted molar refractivity (Wildman–Crippen MR) is 68.5 cm³/mol. The number of amides is 1. The molecule has 1 heterocycles. The largest absolute Gasteiger partial charge is 0.337 e. The molecule has 1 aromatic carbocycles. The van der Waals surface area contributed by atoms with E-state index >= 15 is 0 Å². The molecule has 0 spiro atoms. The van der Waals surface area contributed by atoms with Crippen LogP contribution in [-0.4, -0.2) is 29.4 Å². The van der Waals surface area contributed by atoms with Gasteiger partial charge < -0.3 is 10.2 Å². The third kappa shape index (κ3) is 3.29. The highest BCUT2D eigenvalue weighted by Crippen LogP contribution is 2.16. The molecule has 0 bridgehead atoms. The smallest absolute Gasteiger partial charge is 0.224 e. The van der Waals surface area contributed by atoms with Gasteiger partial charge in [-0.15, -0.1) is 0 Å². The van der Waals surface area contributed by atoms with Gasteiger partial charge in [0, 0.05) is 31.6 Å². The maximum absolute atomic E-state index is 13.1. The van der Waals surface area contributed by atoms with Gasteiger partial charge in [0.25, 0.3) is 0 Å². The van der Waals surface area contributed by atoms with Crippen LogP contribution in [0.4, 0.5) is 4.39 Å². The summed E-state index contributed by atoms with van der Waals surface area (Å²) in [6.07, 6.45) is 0.535. The minimum atomic E-state index is -0.254. The van der Waals surface area contributed by atoms with E-state index in [1.54, 1.807) is 11.0 Å². The number of rotatable bonds is 4. The Kier molecular flexibility index (Phi) is 3.97. The highest BCUT2D eigenvalue weighted by molar-refractivity contribution is 5.79. The van der Waals surface area contributed by atoms with Crippen LogP contribution in [0.15, 0.2) is 24.3 Å². The van der Waals surface area contributed by atoms with Gasteiger partial charge in [-0.1, -0.05) is 26.0 Å². The third-order valence-corrected chi connectivity index (χ3v) is 3.05. The number of benzene rings is 1. The van der Waals surface area contributed by atoms with E-state index in [9.17, 15) is 9.18 Å². The van der Waals surface area contributed by atoms with Crippen molar-refractivity contribution in [1.82, 2.24) is 10.2 Å². The molecule has 1 atom stereocenters. The summed E-state index contributed by atoms with van der Waals surface area (Å²) in [4.78, 5) is 13.6. The lowest BCUT2D eigenvalue weighted by molar-refractivity contribution is -0.128. The van der Waals surface area contributed by atoms with E-state index in [0.29, 0.717) is 25.6 Å². The summed E-state index contributed by atoms with van der Waals surface area (Å²) in [6, 6.07) is 7.01. The molecular formula is C14H19FN2O. The molecule has 1 aliphatic heterocycles. The lowest BCUT2D eigenvalue weighted by atomic mass is 10.2. The van der Waals surface area contributed by atoms with E-state index in [1.165, 1.54) is 12.1 Å². The molecule has 0 aromatic heterocycles. The first-order valence-corrected chi connectivity index (χ1v) is 6.33. The molecule has 1 amide bonds. The number of hydrogen-bond donors (Lipinski definition) is 1. The molecule has 1 aromatic rings. The van der Waals surface area contributed by atoms with Crippen molar-refractivity contribution < 1.29 is 9.18 Å². The fourth-order valence-corrected chi connectivity index (χ4v) is 2.36. The van der Waals surface area contributed by atoms with Crippen LogP contribution >= 0.6 is 0 Å². The summed E-state index contributed by atoms with van der Waals surface area (Å²) in [7, 11) is 0. The second-order valence-corrected chi connectivity index (χ2v) is 5.13. The molecule has 1 N–H and O–H groups in total. The van der Waals surface area contributed by atoms with Gasteiger partial charge in [0.1, 0.15) is 5.82 Å². The Morgan fingerprint density at radius 1 is 1.50 bits per heavy atom. The van der Waals surface area contributed by atoms with Crippen molar-refractivity contribution in [2.75, 3.05) is 6.54 Å². The van der Waals surface area contributed by atoms with Crippen molar-refractivity contribution in [1.29, 1.82) is 0 Å². The molecular weight excluding hydrogens is 231 g/mol. The van der Waals surface area contributed by atoms with E-state index in [1.807, 2.05) is 6.07 Å². The van der Waals surface area contributed by atoms with E-state index in [0.717, 1.165) is 5.56 Å². The number of likely N-dealkylation sites (tertiary alicyclic amines) is 1. The molecule has 1 saturated heterocycles. The first-order chi connectivity index (χ1) is 8.54. The van der Waals surface area contributed by atoms with Crippen LogP contribution in [0, 0.1) is 5.82 Å². The minimum absolute atomic E-state index is 0.136. The zero-order valence-electron chi connectivity index (χ0n) is 10.8. The Hall–Kier alpha value is -1.42. The van der Waals surface area contributed by atoms with Gasteiger partial charge in [0.05, 0.1) is 0 Å². The van der Waals surface area contributed by atoms with E-state index in [-0.39, 0.29) is 17.8 Å². The molecule has 98 valence electrons. The van der Waals surface area contributed by atoms with Gasteiger partial charge in [0.2, 0.25) is 5.91 Å². The normalized spacial score (nSPS) is 19.9. The Labute approximate surface area is 107 Å². The van der Waals surface area contributed by atoms with Crippen LogP contribution in [0.5, 0.6) is 0 Å². The monoisotopic (exact) mass is 250 g/mol. The van der Waals surface area contributed by atoms with Crippen molar-refractivity contribution >= 4 is 5.91 Å². The van der Waals surface area contributed by atoms with Crippen LogP contribution in [-0.2, 0) is 11.3 Å². The Balaban J connectivity index is 1.96. The van der Waals surface area contributed by atoms with Crippen LogP contribution in [0.25, 0.3) is 0 Å². The fourth-order valence-electron chi connectivity index (χ4n) is 2.36. The first-order valence-electron chi connectivity index (χ1n) is 6.33. The molecule has 0 radical (unpaired) electrons. The number of nitrogens with zero attached hydrogens (tertiary/aromatic N) is 1. The van der Waals surface area contributed by atoms with Crippen molar-refractivity contribution in [2.45, 2.75) is 38.9 Å². The number of carbonyl (C=O) groups is 1. The van der Waals surface area contributed by atoms with E-state index in [4.69, 9.17) is 0 Å². The van der Waals surface area contributed by atoms with Gasteiger partial charge in [-0.3, -0.25) is 4.79 Å². The summed E-state index contributed by atoms with van der Waals surface area (Å²) in [6.45, 7) is 5.33. The molecule has 0 aliphatic carbocycles. The number of carbonyl (C=O) groups excluding carboxylic acids is 1. The highest BCUT2D eigenvalue weighted by Gasteiger charge is 2.29. The summed E-state index contributed by atoms with van der Waals surface area (Å²) in [5, 5.41) is 3.36. The van der Waals surface area contributed by atoms with Gasteiger partial charge >= 0.3 is 0 Å². The third-order valence-electron chi connectivity index (χ3n) is 3.05. The molecule has 1 aliphatic rings. The zero-order valence-corrected chi connectivity index (χ0v) is 10.8. The maximum Gasteiger partial charge on any atom is 0.224 e. The first kappa shape index (κ1) is 13.0. The topological polar surface area (TPSA) is 32.3 Å². The molecule has 18 heavy (non-hydrogen) atoms. The molecule has 4 heteroatoms. The van der Waals surface area contributed by atoms with Crippen molar-refractivity contribution in [2.24, 2.45) is 0 Å². The second kappa shape index (κ2) is 5.48. The molecule has 1 fully saturated rings. The van der Waals surface area contributed by atoms with E-state index in [2.05, 4.69) is 19.2 Å².